The number of amides is 3. The molecule has 6 nitrogen and oxygen atoms in total. The van der Waals surface area contributed by atoms with Crippen LogP contribution >= 0.6 is 0 Å². The molecule has 0 saturated carbocycles. The number of carbonyl (C=O) groups is 2. The summed E-state index contributed by atoms with van der Waals surface area (Å²) in [6, 6.07) is 5.33. The highest BCUT2D eigenvalue weighted by Gasteiger charge is 2.31. The van der Waals surface area contributed by atoms with Crippen molar-refractivity contribution in [3.8, 4) is 0 Å². The van der Waals surface area contributed by atoms with Crippen molar-refractivity contribution in [2.75, 3.05) is 38.6 Å². The summed E-state index contributed by atoms with van der Waals surface area (Å²) in [6.45, 7) is 1.63. The van der Waals surface area contributed by atoms with E-state index in [0.717, 1.165) is 6.54 Å². The number of benzene rings is 1. The molecule has 1 aromatic rings. The van der Waals surface area contributed by atoms with Crippen LogP contribution in [0.4, 0.5) is 14.9 Å². The normalized spacial score (nSPS) is 17.9. The maximum Gasteiger partial charge on any atom is 0.315 e. The Morgan fingerprint density at radius 3 is 2.91 bits per heavy atom. The number of anilines is 1. The average Bonchev–Trinajstić information content (AvgIpc) is 2.79. The summed E-state index contributed by atoms with van der Waals surface area (Å²) >= 11 is 0. The summed E-state index contributed by atoms with van der Waals surface area (Å²) in [5.74, 6) is -0.507. The summed E-state index contributed by atoms with van der Waals surface area (Å²) < 4.78 is 13.2. The molecule has 1 fully saturated rings. The Kier molecular flexibility index (Phi) is 5.32. The Labute approximate surface area is 129 Å². The van der Waals surface area contributed by atoms with Gasteiger partial charge in [0.25, 0.3) is 0 Å². The topological polar surface area (TPSA) is 64.7 Å². The molecule has 120 valence electrons. The molecule has 0 spiro atoms. The van der Waals surface area contributed by atoms with Crippen molar-refractivity contribution >= 4 is 17.6 Å². The van der Waals surface area contributed by atoms with E-state index in [4.69, 9.17) is 0 Å². The Morgan fingerprint density at radius 2 is 2.23 bits per heavy atom. The van der Waals surface area contributed by atoms with Crippen molar-refractivity contribution < 1.29 is 14.0 Å². The lowest BCUT2D eigenvalue weighted by atomic mass is 10.2. The van der Waals surface area contributed by atoms with E-state index in [9.17, 15) is 14.0 Å². The molecule has 1 aromatic carbocycles. The van der Waals surface area contributed by atoms with Crippen molar-refractivity contribution in [1.29, 1.82) is 0 Å². The van der Waals surface area contributed by atoms with Gasteiger partial charge in [-0.3, -0.25) is 4.79 Å². The molecule has 22 heavy (non-hydrogen) atoms. The predicted molar refractivity (Wildman–Crippen MR) is 82.2 cm³/mol. The third-order valence-corrected chi connectivity index (χ3v) is 3.42. The quantitative estimate of drug-likeness (QED) is 0.845. The fourth-order valence-electron chi connectivity index (χ4n) is 2.33. The van der Waals surface area contributed by atoms with Crippen LogP contribution in [-0.2, 0) is 4.79 Å². The van der Waals surface area contributed by atoms with Crippen LogP contribution in [0, 0.1) is 5.82 Å². The van der Waals surface area contributed by atoms with Gasteiger partial charge in [-0.1, -0.05) is 6.07 Å². The Bertz CT molecular complexity index is 550. The first-order chi connectivity index (χ1) is 10.5. The zero-order valence-corrected chi connectivity index (χ0v) is 12.8. The molecule has 0 bridgehead atoms. The molecular weight excluding hydrogens is 287 g/mol. The van der Waals surface area contributed by atoms with E-state index >= 15 is 0 Å². The van der Waals surface area contributed by atoms with Crippen LogP contribution in [-0.4, -0.2) is 56.6 Å². The lowest BCUT2D eigenvalue weighted by molar-refractivity contribution is -0.117. The molecule has 1 saturated heterocycles. The monoisotopic (exact) mass is 308 g/mol. The molecule has 1 aliphatic rings. The number of hydrogen-bond acceptors (Lipinski definition) is 3. The second-order valence-corrected chi connectivity index (χ2v) is 5.59. The summed E-state index contributed by atoms with van der Waals surface area (Å²) in [5, 5.41) is 5.51. The highest BCUT2D eigenvalue weighted by Crippen LogP contribution is 2.22. The second kappa shape index (κ2) is 7.22. The van der Waals surface area contributed by atoms with Crippen LogP contribution in [0.15, 0.2) is 24.3 Å². The molecule has 1 atom stereocenters. The molecule has 0 radical (unpaired) electrons. The van der Waals surface area contributed by atoms with Gasteiger partial charge >= 0.3 is 6.03 Å². The minimum Gasteiger partial charge on any atom is -0.337 e. The lowest BCUT2D eigenvalue weighted by Gasteiger charge is -2.17. The van der Waals surface area contributed by atoms with E-state index in [0.29, 0.717) is 18.8 Å². The number of likely N-dealkylation sites (N-methyl/N-ethyl adjacent to an activating group) is 1. The maximum absolute atomic E-state index is 13.2. The van der Waals surface area contributed by atoms with Crippen molar-refractivity contribution in [3.63, 3.8) is 0 Å². The number of halogens is 1. The van der Waals surface area contributed by atoms with E-state index < -0.39 is 0 Å². The number of nitrogens with one attached hydrogen (secondary N) is 2. The first-order valence-corrected chi connectivity index (χ1v) is 7.20. The first kappa shape index (κ1) is 16.2. The van der Waals surface area contributed by atoms with Crippen LogP contribution in [0.5, 0.6) is 0 Å². The van der Waals surface area contributed by atoms with Gasteiger partial charge in [0.05, 0.1) is 6.04 Å². The largest absolute Gasteiger partial charge is 0.337 e. The fraction of sp³-hybridized carbons (Fsp3) is 0.467. The Balaban J connectivity index is 1.86. The molecule has 1 heterocycles. The molecular formula is C15H21FN4O2. The SMILES string of the molecule is CN(C)CCNC(=O)N[C@@H]1CC(=O)N(c2cccc(F)c2)C1. The Hall–Kier alpha value is -2.15. The molecule has 7 heteroatoms. The first-order valence-electron chi connectivity index (χ1n) is 7.20. The van der Waals surface area contributed by atoms with Crippen molar-refractivity contribution in [3.05, 3.63) is 30.1 Å². The summed E-state index contributed by atoms with van der Waals surface area (Å²) in [6.07, 6.45) is 0.220. The fourth-order valence-corrected chi connectivity index (χ4v) is 2.33. The van der Waals surface area contributed by atoms with E-state index in [1.54, 1.807) is 12.1 Å². The van der Waals surface area contributed by atoms with Gasteiger partial charge in [-0.15, -0.1) is 0 Å². The summed E-state index contributed by atoms with van der Waals surface area (Å²) in [7, 11) is 3.85. The van der Waals surface area contributed by atoms with E-state index in [2.05, 4.69) is 10.6 Å². The van der Waals surface area contributed by atoms with Gasteiger partial charge in [0.15, 0.2) is 0 Å². The number of hydrogen-bond donors (Lipinski definition) is 2. The number of carbonyl (C=O) groups excluding carboxylic acids is 2. The van der Waals surface area contributed by atoms with E-state index in [-0.39, 0.29) is 30.2 Å². The average molecular weight is 308 g/mol. The standard InChI is InChI=1S/C15H21FN4O2/c1-19(2)7-6-17-15(22)18-12-9-14(21)20(10-12)13-5-3-4-11(16)8-13/h3-5,8,12H,6-7,9-10H2,1-2H3,(H2,17,18,22)/t12-/m1/s1. The maximum atomic E-state index is 13.2. The third kappa shape index (κ3) is 4.42. The van der Waals surface area contributed by atoms with E-state index in [1.165, 1.54) is 17.0 Å². The smallest absolute Gasteiger partial charge is 0.315 e. The number of nitrogens with zero attached hydrogens (tertiary/aromatic N) is 2. The van der Waals surface area contributed by atoms with Crippen LogP contribution in [0.3, 0.4) is 0 Å². The van der Waals surface area contributed by atoms with Crippen LogP contribution < -0.4 is 15.5 Å². The number of rotatable bonds is 5. The zero-order valence-electron chi connectivity index (χ0n) is 12.8. The van der Waals surface area contributed by atoms with Gasteiger partial charge in [-0.05, 0) is 32.3 Å². The van der Waals surface area contributed by atoms with Crippen molar-refractivity contribution in [1.82, 2.24) is 15.5 Å². The molecule has 2 N–H and O–H groups in total. The molecule has 1 aliphatic heterocycles. The summed E-state index contributed by atoms with van der Waals surface area (Å²) in [4.78, 5) is 27.2. The van der Waals surface area contributed by atoms with E-state index in [1.807, 2.05) is 19.0 Å². The van der Waals surface area contributed by atoms with Gasteiger partial charge in [0.2, 0.25) is 5.91 Å². The summed E-state index contributed by atoms with van der Waals surface area (Å²) in [5.41, 5.74) is 0.516. The van der Waals surface area contributed by atoms with Crippen molar-refractivity contribution in [2.45, 2.75) is 12.5 Å². The van der Waals surface area contributed by atoms with Crippen LogP contribution in [0.2, 0.25) is 0 Å². The van der Waals surface area contributed by atoms with Gasteiger partial charge < -0.3 is 20.4 Å². The highest BCUT2D eigenvalue weighted by molar-refractivity contribution is 5.96. The molecule has 0 aromatic heterocycles. The minimum absolute atomic E-state index is 0.121. The van der Waals surface area contributed by atoms with Crippen molar-refractivity contribution in [2.24, 2.45) is 0 Å². The van der Waals surface area contributed by atoms with Crippen LogP contribution in [0.1, 0.15) is 6.42 Å². The molecule has 3 amide bonds. The van der Waals surface area contributed by atoms with Gasteiger partial charge in [0, 0.05) is 31.7 Å². The minimum atomic E-state index is -0.386. The third-order valence-electron chi connectivity index (χ3n) is 3.42. The van der Waals surface area contributed by atoms with Gasteiger partial charge in [-0.25, -0.2) is 9.18 Å². The predicted octanol–water partition coefficient (Wildman–Crippen LogP) is 0.792. The van der Waals surface area contributed by atoms with Gasteiger partial charge in [0.1, 0.15) is 5.82 Å². The zero-order chi connectivity index (χ0) is 16.1. The van der Waals surface area contributed by atoms with Crippen LogP contribution in [0.25, 0.3) is 0 Å². The Morgan fingerprint density at radius 1 is 1.45 bits per heavy atom. The van der Waals surface area contributed by atoms with Gasteiger partial charge in [-0.2, -0.15) is 0 Å². The highest BCUT2D eigenvalue weighted by atomic mass is 19.1. The lowest BCUT2D eigenvalue weighted by Crippen LogP contribution is -2.45. The molecule has 0 unspecified atom stereocenters. The molecule has 0 aliphatic carbocycles. The second-order valence-electron chi connectivity index (χ2n) is 5.59. The molecule has 2 rings (SSSR count). The number of urea groups is 1.